The molecule has 1 aliphatic rings. The number of H-pyrrole nitrogens is 1. The molecule has 3 N–H and O–H groups in total. The van der Waals surface area contributed by atoms with Gasteiger partial charge in [-0.25, -0.2) is 18.4 Å². The Kier molecular flexibility index (Phi) is 5.27. The van der Waals surface area contributed by atoms with Gasteiger partial charge in [-0.1, -0.05) is 13.3 Å². The highest BCUT2D eigenvalue weighted by atomic mass is 32.2. The van der Waals surface area contributed by atoms with Gasteiger partial charge >= 0.3 is 6.18 Å². The number of hydrazine groups is 1. The van der Waals surface area contributed by atoms with Gasteiger partial charge in [-0.15, -0.1) is 4.41 Å². The summed E-state index contributed by atoms with van der Waals surface area (Å²) < 4.78 is 64.9. The van der Waals surface area contributed by atoms with Gasteiger partial charge in [0.15, 0.2) is 11.3 Å². The van der Waals surface area contributed by atoms with E-state index in [1.807, 2.05) is 17.4 Å². The van der Waals surface area contributed by atoms with Crippen molar-refractivity contribution in [3.05, 3.63) is 30.4 Å². The highest BCUT2D eigenvalue weighted by Gasteiger charge is 2.42. The van der Waals surface area contributed by atoms with E-state index in [-0.39, 0.29) is 11.8 Å². The molecule has 12 heteroatoms. The molecule has 30 heavy (non-hydrogen) atoms. The molecule has 0 radical (unpaired) electrons. The zero-order valence-corrected chi connectivity index (χ0v) is 17.1. The zero-order valence-electron chi connectivity index (χ0n) is 16.3. The van der Waals surface area contributed by atoms with E-state index in [2.05, 4.69) is 15.0 Å². The highest BCUT2D eigenvalue weighted by Crippen LogP contribution is 2.44. The topological polar surface area (TPSA) is 109 Å². The third-order valence-corrected chi connectivity index (χ3v) is 7.63. The van der Waals surface area contributed by atoms with Crippen LogP contribution in [0.4, 0.5) is 13.2 Å². The first kappa shape index (κ1) is 21.1. The number of aromatic amines is 1. The van der Waals surface area contributed by atoms with Gasteiger partial charge in [-0.2, -0.15) is 13.2 Å². The van der Waals surface area contributed by atoms with Gasteiger partial charge in [-0.3, -0.25) is 10.2 Å². The van der Waals surface area contributed by atoms with Crippen LogP contribution in [0.5, 0.6) is 0 Å². The van der Waals surface area contributed by atoms with Gasteiger partial charge in [0.1, 0.15) is 0 Å². The van der Waals surface area contributed by atoms with Gasteiger partial charge in [0.2, 0.25) is 10.0 Å². The lowest BCUT2D eigenvalue weighted by molar-refractivity contribution is -0.130. The van der Waals surface area contributed by atoms with Gasteiger partial charge in [0, 0.05) is 30.0 Å². The first-order valence-electron chi connectivity index (χ1n) is 9.73. The number of halogens is 3. The van der Waals surface area contributed by atoms with Crippen molar-refractivity contribution in [2.24, 2.45) is 11.8 Å². The van der Waals surface area contributed by atoms with Gasteiger partial charge < -0.3 is 4.98 Å². The number of alkyl halides is 3. The maximum Gasteiger partial charge on any atom is 0.390 e. The molecule has 0 aliphatic heterocycles. The number of hydrogen-bond acceptors (Lipinski definition) is 5. The lowest BCUT2D eigenvalue weighted by atomic mass is 9.91. The lowest BCUT2D eigenvalue weighted by Gasteiger charge is -2.23. The van der Waals surface area contributed by atoms with Crippen molar-refractivity contribution < 1.29 is 21.6 Å². The lowest BCUT2D eigenvalue weighted by Crippen LogP contribution is -2.46. The molecule has 3 heterocycles. The summed E-state index contributed by atoms with van der Waals surface area (Å²) in [4.78, 5) is 11.8. The van der Waals surface area contributed by atoms with Crippen LogP contribution in [0, 0.1) is 5.92 Å². The Labute approximate surface area is 171 Å². The number of sulfonamides is 1. The van der Waals surface area contributed by atoms with E-state index < -0.39 is 34.4 Å². The number of imidazole rings is 1. The second-order valence-electron chi connectivity index (χ2n) is 7.76. The molecule has 1 aliphatic carbocycles. The molecular formula is C18H23F3N6O2S. The first-order valence-corrected chi connectivity index (χ1v) is 11.3. The van der Waals surface area contributed by atoms with Crippen LogP contribution in [0.3, 0.4) is 0 Å². The number of fused-ring (bicyclic) bond motifs is 3. The largest absolute Gasteiger partial charge is 0.390 e. The Morgan fingerprint density at radius 1 is 1.30 bits per heavy atom. The summed E-state index contributed by atoms with van der Waals surface area (Å²) in [6.45, 7) is 2.01. The Morgan fingerprint density at radius 2 is 2.07 bits per heavy atom. The minimum Gasteiger partial charge on any atom is -0.345 e. The summed E-state index contributed by atoms with van der Waals surface area (Å²) in [5.41, 5.74) is 3.17. The number of rotatable bonds is 6. The van der Waals surface area contributed by atoms with Crippen molar-refractivity contribution in [3.63, 3.8) is 0 Å². The van der Waals surface area contributed by atoms with Crippen LogP contribution in [0.1, 0.15) is 44.2 Å². The summed E-state index contributed by atoms with van der Waals surface area (Å²) in [7, 11) is -4.22. The molecule has 0 aromatic carbocycles. The van der Waals surface area contributed by atoms with Gasteiger partial charge in [0.25, 0.3) is 0 Å². The smallest absolute Gasteiger partial charge is 0.345 e. The van der Waals surface area contributed by atoms with Gasteiger partial charge in [0.05, 0.1) is 23.9 Å². The summed E-state index contributed by atoms with van der Waals surface area (Å²) >= 11 is 0. The van der Waals surface area contributed by atoms with E-state index >= 15 is 0 Å². The third-order valence-electron chi connectivity index (χ3n) is 5.97. The Hall–Kier alpha value is -2.18. The number of hydrogen-bond donors (Lipinski definition) is 2. The van der Waals surface area contributed by atoms with E-state index in [0.717, 1.165) is 17.6 Å². The predicted octanol–water partition coefficient (Wildman–Crippen LogP) is 2.94. The van der Waals surface area contributed by atoms with Crippen LogP contribution in [-0.2, 0) is 10.0 Å². The van der Waals surface area contributed by atoms with E-state index in [1.165, 1.54) is 0 Å². The van der Waals surface area contributed by atoms with Crippen LogP contribution >= 0.6 is 0 Å². The van der Waals surface area contributed by atoms with Crippen molar-refractivity contribution in [3.8, 4) is 0 Å². The standard InChI is InChI=1S/C18H23F3N6O2S/c1-2-11-7-12(27(22)30(28,29)6-4-18(19,20)21)8-13(11)15-9-24-16-10-25-17-14(26(15)16)3-5-23-17/h3,5,9-13,23H,2,4,6-8,22H2,1H3/t11-,12?,13+/m1/s1. The van der Waals surface area contributed by atoms with Crippen molar-refractivity contribution in [2.75, 3.05) is 5.75 Å². The molecule has 0 spiro atoms. The molecule has 0 bridgehead atoms. The maximum absolute atomic E-state index is 12.5. The molecule has 164 valence electrons. The monoisotopic (exact) mass is 444 g/mol. The second kappa shape index (κ2) is 7.50. The zero-order chi connectivity index (χ0) is 21.7. The fourth-order valence-electron chi connectivity index (χ4n) is 4.45. The van der Waals surface area contributed by atoms with Crippen LogP contribution in [0.2, 0.25) is 0 Å². The summed E-state index contributed by atoms with van der Waals surface area (Å²) in [6, 6.07) is 1.33. The fourth-order valence-corrected chi connectivity index (χ4v) is 5.77. The van der Waals surface area contributed by atoms with Crippen LogP contribution in [0.15, 0.2) is 24.7 Å². The third kappa shape index (κ3) is 3.79. The van der Waals surface area contributed by atoms with Crippen LogP contribution in [-0.4, -0.2) is 50.2 Å². The summed E-state index contributed by atoms with van der Waals surface area (Å²) in [6.07, 6.45) is 0.924. The molecule has 3 aromatic rings. The highest BCUT2D eigenvalue weighted by molar-refractivity contribution is 7.89. The van der Waals surface area contributed by atoms with E-state index in [1.54, 1.807) is 18.6 Å². The molecule has 3 aromatic heterocycles. The number of aromatic nitrogens is 4. The molecule has 3 atom stereocenters. The summed E-state index contributed by atoms with van der Waals surface area (Å²) in [5, 5.41) is 0. The second-order valence-corrected chi connectivity index (χ2v) is 9.75. The molecule has 0 amide bonds. The Morgan fingerprint density at radius 3 is 2.77 bits per heavy atom. The van der Waals surface area contributed by atoms with Crippen molar-refractivity contribution in [1.29, 1.82) is 0 Å². The average molecular weight is 444 g/mol. The van der Waals surface area contributed by atoms with Crippen LogP contribution < -0.4 is 5.84 Å². The Bertz CT molecular complexity index is 1160. The number of nitrogens with one attached hydrogen (secondary N) is 1. The molecular weight excluding hydrogens is 421 g/mol. The molecule has 1 saturated carbocycles. The van der Waals surface area contributed by atoms with Crippen molar-refractivity contribution in [1.82, 2.24) is 23.8 Å². The average Bonchev–Trinajstić information content (AvgIpc) is 3.40. The minimum absolute atomic E-state index is 0.0284. The van der Waals surface area contributed by atoms with Gasteiger partial charge in [-0.05, 0) is 24.8 Å². The first-order chi connectivity index (χ1) is 14.1. The quantitative estimate of drug-likeness (QED) is 0.449. The molecule has 1 unspecified atom stereocenters. The number of nitrogens with zero attached hydrogens (tertiary/aromatic N) is 4. The SMILES string of the molecule is CC[C@@H]1CC(N(N)S(=O)(=O)CCC(F)(F)F)C[C@@H]1c1cnc2cnc3[nH]ccc3n12. The van der Waals surface area contributed by atoms with Crippen molar-refractivity contribution in [2.45, 2.75) is 50.7 Å². The summed E-state index contributed by atoms with van der Waals surface area (Å²) in [5.74, 6) is 4.90. The maximum atomic E-state index is 12.5. The number of nitrogens with two attached hydrogens (primary N) is 1. The Balaban J connectivity index is 1.62. The molecule has 8 nitrogen and oxygen atoms in total. The molecule has 1 fully saturated rings. The van der Waals surface area contributed by atoms with E-state index in [4.69, 9.17) is 5.84 Å². The fraction of sp³-hybridized carbons (Fsp3) is 0.556. The molecule has 4 rings (SSSR count). The van der Waals surface area contributed by atoms with E-state index in [0.29, 0.717) is 28.6 Å². The predicted molar refractivity (Wildman–Crippen MR) is 105 cm³/mol. The molecule has 0 saturated heterocycles. The normalized spacial score (nSPS) is 23.2. The van der Waals surface area contributed by atoms with E-state index in [9.17, 15) is 21.6 Å². The van der Waals surface area contributed by atoms with Crippen LogP contribution in [0.25, 0.3) is 16.8 Å². The van der Waals surface area contributed by atoms with Crippen molar-refractivity contribution >= 4 is 26.8 Å². The minimum atomic E-state index is -4.55.